The molecular weight excluding hydrogens is 372 g/mol. The minimum absolute atomic E-state index is 0.0746. The molecule has 2 unspecified atom stereocenters. The molecule has 3 aliphatic heterocycles. The van der Waals surface area contributed by atoms with Crippen LogP contribution >= 0.6 is 0 Å². The van der Waals surface area contributed by atoms with Gasteiger partial charge in [0, 0.05) is 43.1 Å². The molecular formula is C21H30N4O4. The van der Waals surface area contributed by atoms with Crippen molar-refractivity contribution in [2.24, 2.45) is 5.92 Å². The Labute approximate surface area is 171 Å². The van der Waals surface area contributed by atoms with Crippen LogP contribution in [-0.2, 0) is 14.3 Å². The number of aromatic nitrogens is 1. The van der Waals surface area contributed by atoms with Crippen molar-refractivity contribution in [1.29, 1.82) is 0 Å². The zero-order valence-electron chi connectivity index (χ0n) is 16.9. The normalized spacial score (nSPS) is 31.8. The quantitative estimate of drug-likeness (QED) is 0.800. The van der Waals surface area contributed by atoms with Crippen molar-refractivity contribution in [2.45, 2.75) is 62.9 Å². The second kappa shape index (κ2) is 7.83. The van der Waals surface area contributed by atoms with E-state index in [2.05, 4.69) is 21.8 Å². The van der Waals surface area contributed by atoms with Gasteiger partial charge in [-0.05, 0) is 57.1 Å². The van der Waals surface area contributed by atoms with Crippen LogP contribution in [0.4, 0.5) is 4.79 Å². The Morgan fingerprint density at radius 1 is 1.31 bits per heavy atom. The lowest BCUT2D eigenvalue weighted by Gasteiger charge is -2.34. The molecule has 0 radical (unpaired) electrons. The maximum Gasteiger partial charge on any atom is 0.410 e. The number of ether oxygens (including phenoxy) is 2. The summed E-state index contributed by atoms with van der Waals surface area (Å²) in [6.07, 6.45) is 6.41. The maximum atomic E-state index is 12.3. The van der Waals surface area contributed by atoms with E-state index in [1.807, 2.05) is 24.1 Å². The van der Waals surface area contributed by atoms with Crippen LogP contribution in [0, 0.1) is 5.92 Å². The average Bonchev–Trinajstić information content (AvgIpc) is 3.18. The maximum absolute atomic E-state index is 12.3. The molecule has 8 heteroatoms. The molecule has 5 rings (SSSR count). The molecule has 1 aromatic heterocycles. The predicted molar refractivity (Wildman–Crippen MR) is 105 cm³/mol. The molecule has 1 saturated carbocycles. The van der Waals surface area contributed by atoms with Crippen molar-refractivity contribution in [2.75, 3.05) is 26.3 Å². The number of hydrogen-bond acceptors (Lipinski definition) is 7. The molecule has 0 aromatic carbocycles. The van der Waals surface area contributed by atoms with Crippen LogP contribution < -0.4 is 10.8 Å². The molecule has 29 heavy (non-hydrogen) atoms. The molecule has 3 atom stereocenters. The summed E-state index contributed by atoms with van der Waals surface area (Å²) in [6.45, 7) is 5.02. The van der Waals surface area contributed by atoms with Crippen LogP contribution in [0.1, 0.15) is 62.4 Å². The van der Waals surface area contributed by atoms with Gasteiger partial charge in [0.1, 0.15) is 5.60 Å². The van der Waals surface area contributed by atoms with Gasteiger partial charge in [-0.2, -0.15) is 5.48 Å². The average molecular weight is 402 g/mol. The number of nitrogens with zero attached hydrogens (tertiary/aromatic N) is 2. The highest BCUT2D eigenvalue weighted by Crippen LogP contribution is 2.39. The first-order chi connectivity index (χ1) is 14.1. The van der Waals surface area contributed by atoms with E-state index >= 15 is 0 Å². The molecule has 1 amide bonds. The summed E-state index contributed by atoms with van der Waals surface area (Å²) in [5, 5.41) is 3.56. The number of nitrogens with one attached hydrogen (secondary N) is 2. The molecule has 1 aromatic rings. The van der Waals surface area contributed by atoms with Gasteiger partial charge < -0.3 is 14.4 Å². The number of amides is 1. The molecule has 0 spiro atoms. The van der Waals surface area contributed by atoms with Gasteiger partial charge in [0.05, 0.1) is 12.8 Å². The lowest BCUT2D eigenvalue weighted by molar-refractivity contribution is 0.0120. The summed E-state index contributed by atoms with van der Waals surface area (Å²) >= 11 is 0. The van der Waals surface area contributed by atoms with E-state index in [1.54, 1.807) is 0 Å². The third kappa shape index (κ3) is 4.26. The lowest BCUT2D eigenvalue weighted by Crippen LogP contribution is -2.47. The first-order valence-electron chi connectivity index (χ1n) is 10.8. The Balaban J connectivity index is 1.14. The van der Waals surface area contributed by atoms with Gasteiger partial charge in [-0.25, -0.2) is 4.79 Å². The van der Waals surface area contributed by atoms with E-state index in [0.717, 1.165) is 69.7 Å². The van der Waals surface area contributed by atoms with Gasteiger partial charge >= 0.3 is 6.09 Å². The summed E-state index contributed by atoms with van der Waals surface area (Å²) in [6, 6.07) is 4.12. The van der Waals surface area contributed by atoms with E-state index in [1.165, 1.54) is 0 Å². The number of likely N-dealkylation sites (tertiary alicyclic amines) is 1. The van der Waals surface area contributed by atoms with Crippen LogP contribution in [0.3, 0.4) is 0 Å². The van der Waals surface area contributed by atoms with Crippen molar-refractivity contribution in [1.82, 2.24) is 20.7 Å². The van der Waals surface area contributed by atoms with Crippen molar-refractivity contribution in [3.8, 4) is 0 Å². The monoisotopic (exact) mass is 402 g/mol. The molecule has 8 nitrogen and oxygen atoms in total. The first kappa shape index (κ1) is 19.2. The fourth-order valence-corrected chi connectivity index (χ4v) is 4.36. The van der Waals surface area contributed by atoms with Crippen molar-refractivity contribution in [3.05, 3.63) is 29.6 Å². The number of carbonyl (C=O) groups is 1. The van der Waals surface area contributed by atoms with Crippen LogP contribution in [0.5, 0.6) is 0 Å². The van der Waals surface area contributed by atoms with Gasteiger partial charge in [0.2, 0.25) is 0 Å². The van der Waals surface area contributed by atoms with E-state index in [9.17, 15) is 4.79 Å². The SMILES string of the molecule is CC1(OC(=O)N2CCC(C3NOC(c4ccnc([C@@H]5CCOC5)c4)N3)CC2)CC1. The van der Waals surface area contributed by atoms with Crippen LogP contribution in [-0.4, -0.2) is 54.0 Å². The predicted octanol–water partition coefficient (Wildman–Crippen LogP) is 2.44. The van der Waals surface area contributed by atoms with Crippen LogP contribution in [0.15, 0.2) is 18.3 Å². The van der Waals surface area contributed by atoms with Crippen molar-refractivity contribution < 1.29 is 19.1 Å². The summed E-state index contributed by atoms with van der Waals surface area (Å²) in [5.41, 5.74) is 5.11. The molecule has 0 bridgehead atoms. The standard InChI is InChI=1S/C21H30N4O4/c1-21(6-7-21)28-20(26)25-9-3-14(4-10-25)18-23-19(29-24-18)15-2-8-22-17(12-15)16-5-11-27-13-16/h2,8,12,14,16,18-19,23-24H,3-7,9-11,13H2,1H3/t16-,18?,19?/m1/s1. The Morgan fingerprint density at radius 3 is 2.86 bits per heavy atom. The third-order valence-electron chi connectivity index (χ3n) is 6.66. The smallest absolute Gasteiger partial charge is 0.410 e. The Bertz CT molecular complexity index is 742. The molecule has 4 aliphatic rings. The zero-order valence-corrected chi connectivity index (χ0v) is 16.9. The summed E-state index contributed by atoms with van der Waals surface area (Å²) in [7, 11) is 0. The highest BCUT2D eigenvalue weighted by molar-refractivity contribution is 5.68. The van der Waals surface area contributed by atoms with E-state index in [0.29, 0.717) is 11.8 Å². The first-order valence-corrected chi connectivity index (χ1v) is 10.8. The minimum atomic E-state index is -0.211. The number of rotatable bonds is 4. The van der Waals surface area contributed by atoms with Crippen LogP contribution in [0.2, 0.25) is 0 Å². The number of hydrogen-bond donors (Lipinski definition) is 2. The van der Waals surface area contributed by atoms with Gasteiger partial charge in [-0.1, -0.05) is 0 Å². The second-order valence-electron chi connectivity index (χ2n) is 8.98. The Kier molecular flexibility index (Phi) is 5.19. The van der Waals surface area contributed by atoms with E-state index < -0.39 is 0 Å². The number of piperidine rings is 1. The number of pyridine rings is 1. The minimum Gasteiger partial charge on any atom is -0.443 e. The van der Waals surface area contributed by atoms with Crippen molar-refractivity contribution >= 4 is 6.09 Å². The molecule has 4 heterocycles. The van der Waals surface area contributed by atoms with Gasteiger partial charge in [0.15, 0.2) is 6.23 Å². The number of carbonyl (C=O) groups excluding carboxylic acids is 1. The summed E-state index contributed by atoms with van der Waals surface area (Å²) in [4.78, 5) is 24.5. The van der Waals surface area contributed by atoms with Crippen LogP contribution in [0.25, 0.3) is 0 Å². The Hall–Kier alpha value is -1.74. The van der Waals surface area contributed by atoms with E-state index in [-0.39, 0.29) is 24.1 Å². The van der Waals surface area contributed by atoms with Crippen molar-refractivity contribution in [3.63, 3.8) is 0 Å². The fraction of sp³-hybridized carbons (Fsp3) is 0.714. The number of hydroxylamine groups is 1. The molecule has 158 valence electrons. The molecule has 3 saturated heterocycles. The molecule has 4 fully saturated rings. The zero-order chi connectivity index (χ0) is 19.8. The molecule has 2 N–H and O–H groups in total. The third-order valence-corrected chi connectivity index (χ3v) is 6.66. The molecule has 1 aliphatic carbocycles. The summed E-state index contributed by atoms with van der Waals surface area (Å²) in [5.74, 6) is 0.784. The highest BCUT2D eigenvalue weighted by atomic mass is 16.7. The largest absolute Gasteiger partial charge is 0.443 e. The van der Waals surface area contributed by atoms with E-state index in [4.69, 9.17) is 14.3 Å². The van der Waals surface area contributed by atoms with Gasteiger partial charge in [-0.15, -0.1) is 0 Å². The Morgan fingerprint density at radius 2 is 2.14 bits per heavy atom. The van der Waals surface area contributed by atoms with Gasteiger partial charge in [-0.3, -0.25) is 15.1 Å². The fourth-order valence-electron chi connectivity index (χ4n) is 4.36. The lowest BCUT2D eigenvalue weighted by atomic mass is 9.94. The summed E-state index contributed by atoms with van der Waals surface area (Å²) < 4.78 is 11.1. The second-order valence-corrected chi connectivity index (χ2v) is 8.98. The topological polar surface area (TPSA) is 85.0 Å². The highest BCUT2D eigenvalue weighted by Gasteiger charge is 2.43. The van der Waals surface area contributed by atoms with Gasteiger partial charge in [0.25, 0.3) is 0 Å².